The van der Waals surface area contributed by atoms with E-state index in [2.05, 4.69) is 0 Å². The molecule has 2 atom stereocenters. The van der Waals surface area contributed by atoms with Crippen molar-refractivity contribution >= 4 is 17.5 Å². The van der Waals surface area contributed by atoms with Gasteiger partial charge in [-0.15, -0.1) is 0 Å². The Bertz CT molecular complexity index is 976. The van der Waals surface area contributed by atoms with Crippen molar-refractivity contribution in [3.8, 4) is 5.75 Å². The highest BCUT2D eigenvalue weighted by Crippen LogP contribution is 2.34. The highest BCUT2D eigenvalue weighted by atomic mass is 35.5. The molecule has 9 heteroatoms. The van der Waals surface area contributed by atoms with Crippen molar-refractivity contribution in [2.24, 2.45) is 0 Å². The highest BCUT2D eigenvalue weighted by Gasteiger charge is 2.45. The number of fused-ring (bicyclic) bond motifs is 1. The van der Waals surface area contributed by atoms with Crippen molar-refractivity contribution in [3.05, 3.63) is 64.2 Å². The Hall–Kier alpha value is -2.26. The van der Waals surface area contributed by atoms with Crippen LogP contribution in [0.2, 0.25) is 5.02 Å². The van der Waals surface area contributed by atoms with E-state index in [1.807, 2.05) is 4.90 Å². The van der Waals surface area contributed by atoms with Crippen molar-refractivity contribution in [3.63, 3.8) is 0 Å². The zero-order chi connectivity index (χ0) is 21.5. The summed E-state index contributed by atoms with van der Waals surface area (Å²) in [5.74, 6) is -3.93. The van der Waals surface area contributed by atoms with E-state index in [4.69, 9.17) is 21.1 Å². The number of halogens is 3. The fourth-order valence-corrected chi connectivity index (χ4v) is 4.25. The fraction of sp³-hybridized carbons (Fsp3) is 0.381. The van der Waals surface area contributed by atoms with Crippen LogP contribution in [0.25, 0.3) is 0 Å². The second kappa shape index (κ2) is 8.11. The van der Waals surface area contributed by atoms with E-state index < -0.39 is 17.4 Å². The number of amides is 1. The van der Waals surface area contributed by atoms with Gasteiger partial charge in [-0.3, -0.25) is 9.69 Å². The lowest BCUT2D eigenvalue weighted by Gasteiger charge is -2.48. The molecule has 0 bridgehead atoms. The minimum atomic E-state index is -1.95. The molecule has 2 saturated heterocycles. The van der Waals surface area contributed by atoms with E-state index in [9.17, 15) is 18.7 Å². The summed E-state index contributed by atoms with van der Waals surface area (Å²) in [6.07, 6.45) is 0. The van der Waals surface area contributed by atoms with Crippen LogP contribution in [0.3, 0.4) is 0 Å². The van der Waals surface area contributed by atoms with Gasteiger partial charge in [-0.25, -0.2) is 8.78 Å². The zero-order valence-electron chi connectivity index (χ0n) is 16.3. The van der Waals surface area contributed by atoms with Gasteiger partial charge in [-0.1, -0.05) is 29.8 Å². The Morgan fingerprint density at radius 1 is 1.27 bits per heavy atom. The first-order valence-electron chi connectivity index (χ1n) is 9.50. The van der Waals surface area contributed by atoms with Gasteiger partial charge in [0.2, 0.25) is 5.79 Å². The van der Waals surface area contributed by atoms with Crippen LogP contribution in [0.15, 0.2) is 36.4 Å². The van der Waals surface area contributed by atoms with E-state index in [0.717, 1.165) is 6.07 Å². The first-order chi connectivity index (χ1) is 14.3. The van der Waals surface area contributed by atoms with Gasteiger partial charge < -0.3 is 19.5 Å². The van der Waals surface area contributed by atoms with Crippen LogP contribution in [-0.2, 0) is 10.5 Å². The first kappa shape index (κ1) is 21.0. The summed E-state index contributed by atoms with van der Waals surface area (Å²) in [6, 6.07) is 8.46. The van der Waals surface area contributed by atoms with Crippen molar-refractivity contribution in [1.29, 1.82) is 0 Å². The molecular weight excluding hydrogens is 418 g/mol. The molecule has 2 aliphatic heterocycles. The van der Waals surface area contributed by atoms with Gasteiger partial charge in [-0.05, 0) is 18.2 Å². The van der Waals surface area contributed by atoms with Gasteiger partial charge >= 0.3 is 0 Å². The molecule has 0 saturated carbocycles. The summed E-state index contributed by atoms with van der Waals surface area (Å²) < 4.78 is 38.6. The molecule has 2 aromatic rings. The van der Waals surface area contributed by atoms with Gasteiger partial charge in [0.1, 0.15) is 5.75 Å². The number of aliphatic hydroxyl groups is 1. The lowest BCUT2D eigenvalue weighted by molar-refractivity contribution is -0.267. The van der Waals surface area contributed by atoms with Crippen molar-refractivity contribution in [2.45, 2.75) is 11.8 Å². The SMILES string of the molecule is COc1cccc(C(=O)N2CCN3C[C@@](O)(c4cccc(F)c4F)OC[C@@H]3C2)c1Cl. The third kappa shape index (κ3) is 3.65. The number of methoxy groups -OCH3 is 1. The number of piperazine rings is 1. The number of rotatable bonds is 3. The first-order valence-corrected chi connectivity index (χ1v) is 9.88. The largest absolute Gasteiger partial charge is 0.495 e. The predicted molar refractivity (Wildman–Crippen MR) is 105 cm³/mol. The number of carbonyl (C=O) groups is 1. The van der Waals surface area contributed by atoms with Crippen molar-refractivity contribution in [1.82, 2.24) is 9.80 Å². The molecule has 0 aliphatic carbocycles. The van der Waals surface area contributed by atoms with Crippen molar-refractivity contribution in [2.75, 3.05) is 39.9 Å². The summed E-state index contributed by atoms with van der Waals surface area (Å²) in [7, 11) is 1.48. The summed E-state index contributed by atoms with van der Waals surface area (Å²) in [4.78, 5) is 16.6. The van der Waals surface area contributed by atoms with Crippen LogP contribution >= 0.6 is 11.6 Å². The Morgan fingerprint density at radius 3 is 2.80 bits per heavy atom. The molecule has 2 heterocycles. The molecule has 1 N–H and O–H groups in total. The van der Waals surface area contributed by atoms with Gasteiger partial charge in [-0.2, -0.15) is 0 Å². The molecule has 2 aliphatic rings. The number of morpholine rings is 1. The summed E-state index contributed by atoms with van der Waals surface area (Å²) in [5.41, 5.74) is 0.113. The Labute approximate surface area is 177 Å². The van der Waals surface area contributed by atoms with Gasteiger partial charge in [0.15, 0.2) is 11.6 Å². The Balaban J connectivity index is 1.49. The van der Waals surface area contributed by atoms with E-state index in [1.54, 1.807) is 23.1 Å². The lowest BCUT2D eigenvalue weighted by Crippen LogP contribution is -2.63. The molecule has 160 valence electrons. The number of ether oxygens (including phenoxy) is 2. The molecule has 0 radical (unpaired) electrons. The second-order valence-electron chi connectivity index (χ2n) is 7.39. The van der Waals surface area contributed by atoms with Gasteiger partial charge in [0, 0.05) is 19.6 Å². The topological polar surface area (TPSA) is 62.2 Å². The Morgan fingerprint density at radius 2 is 2.03 bits per heavy atom. The van der Waals surface area contributed by atoms with Gasteiger partial charge in [0.25, 0.3) is 5.91 Å². The molecule has 6 nitrogen and oxygen atoms in total. The third-order valence-electron chi connectivity index (χ3n) is 5.61. The summed E-state index contributed by atoms with van der Waals surface area (Å²) in [5, 5.41) is 11.1. The molecule has 2 fully saturated rings. The summed E-state index contributed by atoms with van der Waals surface area (Å²) in [6.45, 7) is 1.22. The maximum Gasteiger partial charge on any atom is 0.255 e. The number of nitrogens with zero attached hydrogens (tertiary/aromatic N) is 2. The smallest absolute Gasteiger partial charge is 0.255 e. The molecule has 1 amide bonds. The van der Waals surface area contributed by atoms with Crippen LogP contribution in [0.4, 0.5) is 8.78 Å². The van der Waals surface area contributed by atoms with Crippen LogP contribution in [0, 0.1) is 11.6 Å². The minimum Gasteiger partial charge on any atom is -0.495 e. The normalized spacial score (nSPS) is 24.4. The van der Waals surface area contributed by atoms with Crippen LogP contribution in [-0.4, -0.2) is 66.8 Å². The molecular formula is C21H21ClF2N2O4. The predicted octanol–water partition coefficient (Wildman–Crippen LogP) is 2.63. The van der Waals surface area contributed by atoms with E-state index in [-0.39, 0.29) is 35.7 Å². The number of carbonyl (C=O) groups excluding carboxylic acids is 1. The van der Waals surface area contributed by atoms with Crippen LogP contribution in [0.1, 0.15) is 15.9 Å². The average Bonchev–Trinajstić information content (AvgIpc) is 2.75. The quantitative estimate of drug-likeness (QED) is 0.798. The molecule has 4 rings (SSSR count). The minimum absolute atomic E-state index is 0.0278. The van der Waals surface area contributed by atoms with Crippen LogP contribution < -0.4 is 4.74 Å². The average molecular weight is 439 g/mol. The Kier molecular flexibility index (Phi) is 5.67. The number of hydrogen-bond donors (Lipinski definition) is 1. The maximum atomic E-state index is 14.2. The molecule has 0 aromatic heterocycles. The summed E-state index contributed by atoms with van der Waals surface area (Å²) >= 11 is 6.29. The van der Waals surface area contributed by atoms with E-state index in [1.165, 1.54) is 19.2 Å². The second-order valence-corrected chi connectivity index (χ2v) is 7.77. The van der Waals surface area contributed by atoms with E-state index in [0.29, 0.717) is 30.9 Å². The molecule has 2 aromatic carbocycles. The molecule has 0 unspecified atom stereocenters. The zero-order valence-corrected chi connectivity index (χ0v) is 17.0. The molecule has 0 spiro atoms. The number of benzene rings is 2. The number of hydrogen-bond acceptors (Lipinski definition) is 5. The monoisotopic (exact) mass is 438 g/mol. The highest BCUT2D eigenvalue weighted by molar-refractivity contribution is 6.35. The maximum absolute atomic E-state index is 14.2. The van der Waals surface area contributed by atoms with Crippen LogP contribution in [0.5, 0.6) is 5.75 Å². The van der Waals surface area contributed by atoms with Crippen molar-refractivity contribution < 1.29 is 28.2 Å². The van der Waals surface area contributed by atoms with E-state index >= 15 is 0 Å². The van der Waals surface area contributed by atoms with Gasteiger partial charge in [0.05, 0.1) is 42.5 Å². The lowest BCUT2D eigenvalue weighted by atomic mass is 9.99. The fourth-order valence-electron chi connectivity index (χ4n) is 3.97. The molecule has 30 heavy (non-hydrogen) atoms. The standard InChI is InChI=1S/C21H21ClF2N2O4/c1-29-17-7-2-4-14(18(17)22)20(27)25-8-9-26-12-21(28,30-11-13(26)10-25)15-5-3-6-16(23)19(15)24/h2-7,13,28H,8-12H2,1H3/t13-,21-/m0/s1. The third-order valence-corrected chi connectivity index (χ3v) is 6.00.